The molecule has 1 fully saturated rings. The lowest BCUT2D eigenvalue weighted by Crippen LogP contribution is -2.39. The highest BCUT2D eigenvalue weighted by Gasteiger charge is 2.23. The van der Waals surface area contributed by atoms with E-state index in [2.05, 4.69) is 61.3 Å². The van der Waals surface area contributed by atoms with Crippen molar-refractivity contribution < 1.29 is 0 Å². The van der Waals surface area contributed by atoms with Crippen LogP contribution in [0.25, 0.3) is 11.3 Å². The lowest BCUT2D eigenvalue weighted by Gasteiger charge is -2.36. The highest BCUT2D eigenvalue weighted by molar-refractivity contribution is 5.65. The summed E-state index contributed by atoms with van der Waals surface area (Å²) in [5.74, 6) is 1.78. The first-order valence-corrected chi connectivity index (χ1v) is 9.15. The minimum Gasteiger partial charge on any atom is -0.353 e. The Bertz CT molecular complexity index is 654. The summed E-state index contributed by atoms with van der Waals surface area (Å²) >= 11 is 0. The number of hydrogen-bond acceptors (Lipinski definition) is 4. The molecule has 1 saturated heterocycles. The Morgan fingerprint density at radius 2 is 1.96 bits per heavy atom. The Kier molecular flexibility index (Phi) is 5.34. The molecule has 2 aromatic rings. The molecule has 4 heteroatoms. The fourth-order valence-corrected chi connectivity index (χ4v) is 3.39. The van der Waals surface area contributed by atoms with Gasteiger partial charge in [-0.25, -0.2) is 4.98 Å². The Morgan fingerprint density at radius 1 is 1.17 bits per heavy atom. The molecule has 1 aromatic heterocycles. The van der Waals surface area contributed by atoms with Crippen molar-refractivity contribution in [2.75, 3.05) is 16.8 Å². The number of benzene rings is 1. The Hall–Kier alpha value is -2.10. The molecule has 4 nitrogen and oxygen atoms in total. The number of nitrogens with zero attached hydrogens (tertiary/aromatic N) is 3. The molecule has 1 aromatic carbocycles. The normalized spacial score (nSPS) is 18.0. The SMILES string of the molecule is CCC1CCCCN1c1cc(-c2ccccc2)nc(NC(C)C)n1. The quantitative estimate of drug-likeness (QED) is 0.863. The van der Waals surface area contributed by atoms with Crippen LogP contribution < -0.4 is 10.2 Å². The zero-order valence-corrected chi connectivity index (χ0v) is 15.0. The Balaban J connectivity index is 2.01. The third-order valence-electron chi connectivity index (χ3n) is 4.59. The largest absolute Gasteiger partial charge is 0.353 e. The molecule has 1 atom stereocenters. The first-order chi connectivity index (χ1) is 11.7. The van der Waals surface area contributed by atoms with Crippen LogP contribution in [0.4, 0.5) is 11.8 Å². The summed E-state index contributed by atoms with van der Waals surface area (Å²) in [4.78, 5) is 12.0. The molecule has 0 aliphatic carbocycles. The summed E-state index contributed by atoms with van der Waals surface area (Å²) in [5, 5.41) is 3.38. The summed E-state index contributed by atoms with van der Waals surface area (Å²) in [7, 11) is 0. The van der Waals surface area contributed by atoms with E-state index in [1.54, 1.807) is 0 Å². The van der Waals surface area contributed by atoms with Crippen molar-refractivity contribution in [2.24, 2.45) is 0 Å². The van der Waals surface area contributed by atoms with Gasteiger partial charge < -0.3 is 10.2 Å². The van der Waals surface area contributed by atoms with Crippen molar-refractivity contribution in [1.29, 1.82) is 0 Å². The zero-order valence-electron chi connectivity index (χ0n) is 15.0. The van der Waals surface area contributed by atoms with E-state index in [9.17, 15) is 0 Å². The van der Waals surface area contributed by atoms with Crippen molar-refractivity contribution in [3.63, 3.8) is 0 Å². The minimum absolute atomic E-state index is 0.312. The second-order valence-corrected chi connectivity index (χ2v) is 6.85. The minimum atomic E-state index is 0.312. The fourth-order valence-electron chi connectivity index (χ4n) is 3.39. The van der Waals surface area contributed by atoms with Gasteiger partial charge in [-0.3, -0.25) is 0 Å². The van der Waals surface area contributed by atoms with Gasteiger partial charge in [0, 0.05) is 30.3 Å². The van der Waals surface area contributed by atoms with Crippen LogP contribution in [0.5, 0.6) is 0 Å². The average molecular weight is 324 g/mol. The number of hydrogen-bond donors (Lipinski definition) is 1. The molecule has 1 aliphatic heterocycles. The van der Waals surface area contributed by atoms with Crippen molar-refractivity contribution in [1.82, 2.24) is 9.97 Å². The molecule has 3 rings (SSSR count). The van der Waals surface area contributed by atoms with Crippen LogP contribution >= 0.6 is 0 Å². The molecule has 1 aliphatic rings. The van der Waals surface area contributed by atoms with E-state index >= 15 is 0 Å². The second kappa shape index (κ2) is 7.65. The van der Waals surface area contributed by atoms with Gasteiger partial charge in [-0.05, 0) is 39.5 Å². The molecule has 128 valence electrons. The fraction of sp³-hybridized carbons (Fsp3) is 0.500. The predicted octanol–water partition coefficient (Wildman–Crippen LogP) is 4.73. The van der Waals surface area contributed by atoms with E-state index in [1.165, 1.54) is 19.3 Å². The van der Waals surface area contributed by atoms with Crippen LogP contribution in [0.2, 0.25) is 0 Å². The highest BCUT2D eigenvalue weighted by atomic mass is 15.3. The van der Waals surface area contributed by atoms with E-state index in [1.807, 2.05) is 6.07 Å². The van der Waals surface area contributed by atoms with E-state index in [4.69, 9.17) is 9.97 Å². The molecule has 1 N–H and O–H groups in total. The molecule has 0 spiro atoms. The summed E-state index contributed by atoms with van der Waals surface area (Å²) in [6.45, 7) is 7.60. The molecule has 0 radical (unpaired) electrons. The summed E-state index contributed by atoms with van der Waals surface area (Å²) in [6.07, 6.45) is 4.99. The van der Waals surface area contributed by atoms with Crippen molar-refractivity contribution in [3.05, 3.63) is 36.4 Å². The summed E-state index contributed by atoms with van der Waals surface area (Å²) < 4.78 is 0. The van der Waals surface area contributed by atoms with Crippen LogP contribution in [0, 0.1) is 0 Å². The van der Waals surface area contributed by atoms with Crippen molar-refractivity contribution >= 4 is 11.8 Å². The van der Waals surface area contributed by atoms with Gasteiger partial charge in [0.05, 0.1) is 5.69 Å². The lowest BCUT2D eigenvalue weighted by atomic mass is 10.00. The van der Waals surface area contributed by atoms with E-state index in [0.29, 0.717) is 12.1 Å². The van der Waals surface area contributed by atoms with E-state index in [0.717, 1.165) is 36.0 Å². The molecular weight excluding hydrogens is 296 g/mol. The van der Waals surface area contributed by atoms with E-state index in [-0.39, 0.29) is 0 Å². The monoisotopic (exact) mass is 324 g/mol. The highest BCUT2D eigenvalue weighted by Crippen LogP contribution is 2.29. The predicted molar refractivity (Wildman–Crippen MR) is 102 cm³/mol. The summed E-state index contributed by atoms with van der Waals surface area (Å²) in [6, 6.07) is 13.4. The zero-order chi connectivity index (χ0) is 16.9. The van der Waals surface area contributed by atoms with Crippen LogP contribution in [0.1, 0.15) is 46.5 Å². The molecule has 0 saturated carbocycles. The number of piperidine rings is 1. The first kappa shape index (κ1) is 16.7. The molecule has 0 amide bonds. The molecular formula is C20H28N4. The van der Waals surface area contributed by atoms with Crippen LogP contribution in [-0.2, 0) is 0 Å². The van der Waals surface area contributed by atoms with Gasteiger partial charge in [0.1, 0.15) is 5.82 Å². The van der Waals surface area contributed by atoms with Crippen molar-refractivity contribution in [3.8, 4) is 11.3 Å². The Morgan fingerprint density at radius 3 is 2.67 bits per heavy atom. The standard InChI is InChI=1S/C20H28N4/c1-4-17-12-8-9-13-24(17)19-14-18(16-10-6-5-7-11-16)22-20(23-19)21-15(2)3/h5-7,10-11,14-15,17H,4,8-9,12-13H2,1-3H3,(H,21,22,23). The van der Waals surface area contributed by atoms with E-state index < -0.39 is 0 Å². The number of rotatable bonds is 5. The first-order valence-electron chi connectivity index (χ1n) is 9.15. The molecule has 24 heavy (non-hydrogen) atoms. The summed E-state index contributed by atoms with van der Waals surface area (Å²) in [5.41, 5.74) is 2.13. The molecule has 2 heterocycles. The van der Waals surface area contributed by atoms with Gasteiger partial charge in [-0.1, -0.05) is 37.3 Å². The maximum Gasteiger partial charge on any atom is 0.225 e. The third kappa shape index (κ3) is 3.86. The van der Waals surface area contributed by atoms with Crippen LogP contribution in [-0.4, -0.2) is 28.6 Å². The number of aromatic nitrogens is 2. The van der Waals surface area contributed by atoms with Gasteiger partial charge in [-0.15, -0.1) is 0 Å². The van der Waals surface area contributed by atoms with Gasteiger partial charge in [0.2, 0.25) is 5.95 Å². The second-order valence-electron chi connectivity index (χ2n) is 6.85. The Labute approximate surface area is 145 Å². The molecule has 1 unspecified atom stereocenters. The maximum absolute atomic E-state index is 4.82. The van der Waals surface area contributed by atoms with Crippen molar-refractivity contribution in [2.45, 2.75) is 58.5 Å². The average Bonchev–Trinajstić information content (AvgIpc) is 2.61. The van der Waals surface area contributed by atoms with Gasteiger partial charge in [0.15, 0.2) is 0 Å². The lowest BCUT2D eigenvalue weighted by molar-refractivity contribution is 0.447. The van der Waals surface area contributed by atoms with Gasteiger partial charge in [0.25, 0.3) is 0 Å². The van der Waals surface area contributed by atoms with Gasteiger partial charge in [-0.2, -0.15) is 4.98 Å². The number of anilines is 2. The van der Waals surface area contributed by atoms with Crippen LogP contribution in [0.15, 0.2) is 36.4 Å². The maximum atomic E-state index is 4.82. The molecule has 0 bridgehead atoms. The topological polar surface area (TPSA) is 41.1 Å². The van der Waals surface area contributed by atoms with Gasteiger partial charge >= 0.3 is 0 Å². The third-order valence-corrected chi connectivity index (χ3v) is 4.59. The number of nitrogens with one attached hydrogen (secondary N) is 1. The van der Waals surface area contributed by atoms with Crippen LogP contribution in [0.3, 0.4) is 0 Å². The smallest absolute Gasteiger partial charge is 0.225 e.